The lowest BCUT2D eigenvalue weighted by atomic mass is 10.1. The lowest BCUT2D eigenvalue weighted by molar-refractivity contribution is -0.585. The maximum absolute atomic E-state index is 11.9. The summed E-state index contributed by atoms with van der Waals surface area (Å²) in [5.74, 6) is 0.326. The van der Waals surface area contributed by atoms with Crippen molar-refractivity contribution in [3.8, 4) is 0 Å². The van der Waals surface area contributed by atoms with Crippen LogP contribution in [0.15, 0.2) is 64.5 Å². The maximum atomic E-state index is 11.9. The number of rotatable bonds is 5. The van der Waals surface area contributed by atoms with Crippen LogP contribution >= 0.6 is 0 Å². The minimum atomic E-state index is -0.427. The van der Waals surface area contributed by atoms with Crippen LogP contribution in [0.3, 0.4) is 0 Å². The summed E-state index contributed by atoms with van der Waals surface area (Å²) in [5, 5.41) is 6.68. The number of hydrogen-bond donors (Lipinski definition) is 1. The Morgan fingerprint density at radius 2 is 2.17 bits per heavy atom. The molecule has 0 radical (unpaired) electrons. The number of amides is 2. The molecule has 1 aromatic carbocycles. The Bertz CT molecular complexity index is 705. The third-order valence-electron chi connectivity index (χ3n) is 3.78. The number of benzene rings is 1. The van der Waals surface area contributed by atoms with Crippen LogP contribution in [0.5, 0.6) is 0 Å². The molecule has 1 aliphatic heterocycles. The fourth-order valence-corrected chi connectivity index (χ4v) is 2.58. The van der Waals surface area contributed by atoms with E-state index >= 15 is 0 Å². The summed E-state index contributed by atoms with van der Waals surface area (Å²) >= 11 is 0. The van der Waals surface area contributed by atoms with E-state index in [0.29, 0.717) is 12.4 Å². The molecule has 0 saturated carbocycles. The molecule has 0 bridgehead atoms. The highest BCUT2D eigenvalue weighted by Gasteiger charge is 2.23. The van der Waals surface area contributed by atoms with E-state index in [1.54, 1.807) is 4.70 Å². The molecule has 6 nitrogen and oxygen atoms in total. The average molecular weight is 325 g/mol. The van der Waals surface area contributed by atoms with E-state index in [1.807, 2.05) is 36.4 Å². The fraction of sp³-hybridized carbons (Fsp3) is 0.333. The second-order valence-electron chi connectivity index (χ2n) is 5.73. The number of nitrogens with one attached hydrogen (secondary N) is 1. The second kappa shape index (κ2) is 8.19. The van der Waals surface area contributed by atoms with Crippen LogP contribution in [0, 0.1) is 0 Å². The molecule has 1 aliphatic carbocycles. The third-order valence-corrected chi connectivity index (χ3v) is 3.78. The number of urea groups is 1. The normalized spacial score (nSPS) is 18.1. The van der Waals surface area contributed by atoms with Gasteiger partial charge in [-0.25, -0.2) is 4.79 Å². The van der Waals surface area contributed by atoms with Crippen LogP contribution in [-0.4, -0.2) is 29.7 Å². The van der Waals surface area contributed by atoms with Gasteiger partial charge in [0, 0.05) is 12.1 Å². The first-order chi connectivity index (χ1) is 11.8. The first kappa shape index (κ1) is 16.1. The minimum absolute atomic E-state index is 0.326. The highest BCUT2D eigenvalue weighted by Crippen LogP contribution is 2.08. The third kappa shape index (κ3) is 4.87. The molecule has 0 spiro atoms. The van der Waals surface area contributed by atoms with E-state index in [4.69, 9.17) is 4.84 Å². The second-order valence-corrected chi connectivity index (χ2v) is 5.73. The summed E-state index contributed by atoms with van der Waals surface area (Å²) in [4.78, 5) is 20.9. The lowest BCUT2D eigenvalue weighted by Crippen LogP contribution is -2.22. The lowest BCUT2D eigenvalue weighted by Gasteiger charge is -2.05. The highest BCUT2D eigenvalue weighted by molar-refractivity contribution is 5.92. The fourth-order valence-electron chi connectivity index (χ4n) is 2.58. The van der Waals surface area contributed by atoms with Crippen LogP contribution in [0.1, 0.15) is 24.8 Å². The van der Waals surface area contributed by atoms with Gasteiger partial charge >= 0.3 is 11.9 Å². The van der Waals surface area contributed by atoms with E-state index in [0.717, 1.165) is 37.9 Å². The first-order valence-electron chi connectivity index (χ1n) is 8.22. The molecule has 24 heavy (non-hydrogen) atoms. The maximum Gasteiger partial charge on any atom is 0.348 e. The summed E-state index contributed by atoms with van der Waals surface area (Å²) in [6.45, 7) is 1.19. The molecule has 1 N–H and O–H groups in total. The van der Waals surface area contributed by atoms with Crippen LogP contribution in [0.4, 0.5) is 4.79 Å². The van der Waals surface area contributed by atoms with Crippen molar-refractivity contribution in [1.82, 2.24) is 5.32 Å². The van der Waals surface area contributed by atoms with Gasteiger partial charge in [-0.2, -0.15) is 4.99 Å². The SMILES string of the molecule is O=C(/N=C1\C[N+](CCCc2ccccc2)=NO1)NC1=CCCC=C1. The molecule has 0 saturated heterocycles. The summed E-state index contributed by atoms with van der Waals surface area (Å²) in [6.07, 6.45) is 9.79. The topological polar surface area (TPSA) is 66.1 Å². The molecule has 0 unspecified atom stereocenters. The monoisotopic (exact) mass is 325 g/mol. The predicted octanol–water partition coefficient (Wildman–Crippen LogP) is 3.37. The Morgan fingerprint density at radius 1 is 1.29 bits per heavy atom. The number of aliphatic imine (C=N–C) groups is 1. The van der Waals surface area contributed by atoms with Gasteiger partial charge in [-0.05, 0) is 30.9 Å². The van der Waals surface area contributed by atoms with E-state index in [1.165, 1.54) is 5.56 Å². The van der Waals surface area contributed by atoms with Gasteiger partial charge in [0.25, 0.3) is 0 Å². The molecule has 0 atom stereocenters. The molecule has 2 aliphatic rings. The van der Waals surface area contributed by atoms with Crippen molar-refractivity contribution < 1.29 is 14.3 Å². The molecular formula is C18H21N4O2+. The first-order valence-corrected chi connectivity index (χ1v) is 8.22. The summed E-state index contributed by atoms with van der Waals surface area (Å²) in [5.41, 5.74) is 2.09. The van der Waals surface area contributed by atoms with Crippen molar-refractivity contribution in [2.75, 3.05) is 13.1 Å². The molecule has 124 valence electrons. The van der Waals surface area contributed by atoms with Crippen LogP contribution in [0.2, 0.25) is 0 Å². The van der Waals surface area contributed by atoms with Gasteiger partial charge in [-0.3, -0.25) is 4.84 Å². The Balaban J connectivity index is 1.41. The van der Waals surface area contributed by atoms with Gasteiger partial charge in [0.05, 0.1) is 0 Å². The number of carbonyl (C=O) groups excluding carboxylic acids is 1. The van der Waals surface area contributed by atoms with Gasteiger partial charge in [0.2, 0.25) is 6.54 Å². The molecule has 1 heterocycles. The molecule has 6 heteroatoms. The number of carbonyl (C=O) groups is 1. The van der Waals surface area contributed by atoms with Crippen LogP contribution in [0.25, 0.3) is 0 Å². The van der Waals surface area contributed by atoms with Crippen LogP contribution in [-0.2, 0) is 11.3 Å². The van der Waals surface area contributed by atoms with Gasteiger partial charge in [-0.1, -0.05) is 47.2 Å². The number of aryl methyl sites for hydroxylation is 1. The van der Waals surface area contributed by atoms with Gasteiger partial charge in [-0.15, -0.1) is 0 Å². The van der Waals surface area contributed by atoms with Gasteiger partial charge < -0.3 is 5.32 Å². The average Bonchev–Trinajstić information content (AvgIpc) is 3.04. The Morgan fingerprint density at radius 3 is 2.96 bits per heavy atom. The predicted molar refractivity (Wildman–Crippen MR) is 90.7 cm³/mol. The quantitative estimate of drug-likeness (QED) is 0.844. The van der Waals surface area contributed by atoms with Crippen molar-refractivity contribution in [3.05, 3.63) is 59.8 Å². The van der Waals surface area contributed by atoms with E-state index in [2.05, 4.69) is 27.7 Å². The standard InChI is InChI=1S/C18H20N4O2/c23-18(19-16-11-5-2-6-12-16)20-17-14-22(21-24-17)13-7-10-15-8-3-1-4-9-15/h1,3-5,8-9,11-12H,2,6-7,10,13-14H2/p+1/b20-17+. The molecule has 1 aromatic rings. The zero-order chi connectivity index (χ0) is 16.6. The molecule has 2 amide bonds. The van der Waals surface area contributed by atoms with Crippen molar-refractivity contribution in [2.24, 2.45) is 10.3 Å². The zero-order valence-electron chi connectivity index (χ0n) is 13.5. The summed E-state index contributed by atoms with van der Waals surface area (Å²) in [6, 6.07) is 9.90. The smallest absolute Gasteiger partial charge is 0.306 e. The largest absolute Gasteiger partial charge is 0.348 e. The van der Waals surface area contributed by atoms with Gasteiger partial charge in [0.15, 0.2) is 11.8 Å². The minimum Gasteiger partial charge on any atom is -0.306 e. The van der Waals surface area contributed by atoms with Gasteiger partial charge in [0.1, 0.15) is 0 Å². The molecule has 3 rings (SSSR count). The number of nitrogens with zero attached hydrogens (tertiary/aromatic N) is 3. The number of hydrogen-bond acceptors (Lipinski definition) is 3. The highest BCUT2D eigenvalue weighted by atomic mass is 16.7. The van der Waals surface area contributed by atoms with E-state index in [9.17, 15) is 4.79 Å². The summed E-state index contributed by atoms with van der Waals surface area (Å²) in [7, 11) is 0. The molecule has 0 aromatic heterocycles. The van der Waals surface area contributed by atoms with Crippen molar-refractivity contribution in [3.63, 3.8) is 0 Å². The summed E-state index contributed by atoms with van der Waals surface area (Å²) < 4.78 is 1.79. The Kier molecular flexibility index (Phi) is 5.50. The molecule has 0 fully saturated rings. The van der Waals surface area contributed by atoms with Crippen molar-refractivity contribution >= 4 is 11.9 Å². The van der Waals surface area contributed by atoms with Crippen LogP contribution < -0.4 is 5.32 Å². The van der Waals surface area contributed by atoms with E-state index < -0.39 is 6.03 Å². The zero-order valence-corrected chi connectivity index (χ0v) is 13.5. The molecular weight excluding hydrogens is 304 g/mol. The van der Waals surface area contributed by atoms with E-state index in [-0.39, 0.29) is 0 Å². The van der Waals surface area contributed by atoms with Crippen molar-refractivity contribution in [2.45, 2.75) is 25.7 Å². The Hall–Kier alpha value is -2.76. The van der Waals surface area contributed by atoms with Crippen molar-refractivity contribution in [1.29, 1.82) is 0 Å². The number of allylic oxidation sites excluding steroid dienone is 3. The Labute approximate surface area is 141 Å².